The Kier molecular flexibility index (Phi) is 3.11. The maximum absolute atomic E-state index is 12.3. The number of carbonyl (C=O) groups excluding carboxylic acids is 2. The third-order valence-electron chi connectivity index (χ3n) is 3.70. The molecular formula is C14H16N2O3. The number of carbonyl (C=O) groups is 2. The minimum absolute atomic E-state index is 0.0429. The number of hydrogen-bond acceptors (Lipinski definition) is 3. The maximum atomic E-state index is 12.3. The lowest BCUT2D eigenvalue weighted by Crippen LogP contribution is -2.46. The van der Waals surface area contributed by atoms with Gasteiger partial charge in [-0.1, -0.05) is 24.3 Å². The molecular weight excluding hydrogens is 244 g/mol. The van der Waals surface area contributed by atoms with Gasteiger partial charge in [-0.2, -0.15) is 0 Å². The first-order valence-electron chi connectivity index (χ1n) is 6.53. The Hall–Kier alpha value is -2.04. The lowest BCUT2D eigenvalue weighted by Gasteiger charge is -2.22. The van der Waals surface area contributed by atoms with E-state index in [-0.39, 0.29) is 12.5 Å². The highest BCUT2D eigenvalue weighted by atomic mass is 16.6. The van der Waals surface area contributed by atoms with Gasteiger partial charge in [-0.15, -0.1) is 0 Å². The first kappa shape index (κ1) is 12.0. The smallest absolute Gasteiger partial charge is 0.407 e. The Bertz CT molecular complexity index is 488. The van der Waals surface area contributed by atoms with Gasteiger partial charge in [0.1, 0.15) is 12.6 Å². The topological polar surface area (TPSA) is 58.6 Å². The lowest BCUT2D eigenvalue weighted by molar-refractivity contribution is -0.133. The second-order valence-corrected chi connectivity index (χ2v) is 4.89. The summed E-state index contributed by atoms with van der Waals surface area (Å²) in [4.78, 5) is 25.1. The van der Waals surface area contributed by atoms with E-state index in [2.05, 4.69) is 17.4 Å². The molecule has 5 heteroatoms. The van der Waals surface area contributed by atoms with Crippen LogP contribution in [0.4, 0.5) is 4.79 Å². The number of cyclic esters (lactones) is 1. The van der Waals surface area contributed by atoms with Gasteiger partial charge in [0.2, 0.25) is 5.91 Å². The normalized spacial score (nSPS) is 22.2. The van der Waals surface area contributed by atoms with E-state index in [1.54, 1.807) is 0 Å². The van der Waals surface area contributed by atoms with Crippen LogP contribution < -0.4 is 5.32 Å². The monoisotopic (exact) mass is 260 g/mol. The summed E-state index contributed by atoms with van der Waals surface area (Å²) in [5, 5.41) is 2.54. The van der Waals surface area contributed by atoms with Crippen LogP contribution in [0.5, 0.6) is 0 Å². The van der Waals surface area contributed by atoms with Crippen LogP contribution in [0.3, 0.4) is 0 Å². The first-order valence-corrected chi connectivity index (χ1v) is 6.53. The second-order valence-electron chi connectivity index (χ2n) is 4.89. The molecule has 2 aliphatic rings. The molecule has 1 aromatic carbocycles. The summed E-state index contributed by atoms with van der Waals surface area (Å²) in [6.45, 7) is 1.53. The van der Waals surface area contributed by atoms with Crippen LogP contribution in [0.1, 0.15) is 11.1 Å². The molecule has 0 bridgehead atoms. The Balaban J connectivity index is 1.68. The van der Waals surface area contributed by atoms with Crippen LogP contribution in [0.2, 0.25) is 0 Å². The fourth-order valence-electron chi connectivity index (χ4n) is 2.63. The van der Waals surface area contributed by atoms with E-state index in [4.69, 9.17) is 4.74 Å². The molecule has 0 radical (unpaired) electrons. The zero-order valence-electron chi connectivity index (χ0n) is 10.6. The van der Waals surface area contributed by atoms with Crippen molar-refractivity contribution in [3.8, 4) is 0 Å². The molecule has 1 saturated heterocycles. The first-order chi connectivity index (χ1) is 9.24. The number of fused-ring (bicyclic) bond motifs is 1. The third-order valence-corrected chi connectivity index (χ3v) is 3.70. The number of rotatable bonds is 1. The number of nitrogens with zero attached hydrogens (tertiary/aromatic N) is 1. The third kappa shape index (κ3) is 2.41. The fourth-order valence-corrected chi connectivity index (χ4v) is 2.63. The molecule has 2 heterocycles. The average molecular weight is 260 g/mol. The van der Waals surface area contributed by atoms with Gasteiger partial charge in [-0.25, -0.2) is 4.79 Å². The maximum Gasteiger partial charge on any atom is 0.407 e. The van der Waals surface area contributed by atoms with E-state index in [0.717, 1.165) is 12.8 Å². The van der Waals surface area contributed by atoms with Crippen molar-refractivity contribution >= 4 is 12.0 Å². The Morgan fingerprint density at radius 3 is 2.37 bits per heavy atom. The van der Waals surface area contributed by atoms with E-state index in [1.165, 1.54) is 11.1 Å². The van der Waals surface area contributed by atoms with E-state index >= 15 is 0 Å². The van der Waals surface area contributed by atoms with E-state index in [0.29, 0.717) is 13.1 Å². The summed E-state index contributed by atoms with van der Waals surface area (Å²) in [6, 6.07) is 7.77. The molecule has 0 unspecified atom stereocenters. The van der Waals surface area contributed by atoms with Gasteiger partial charge in [0, 0.05) is 13.1 Å². The van der Waals surface area contributed by atoms with Crippen molar-refractivity contribution < 1.29 is 14.3 Å². The van der Waals surface area contributed by atoms with Gasteiger partial charge in [-0.3, -0.25) is 4.79 Å². The van der Waals surface area contributed by atoms with Crippen molar-refractivity contribution in [1.82, 2.24) is 10.2 Å². The van der Waals surface area contributed by atoms with Crippen LogP contribution in [-0.4, -0.2) is 42.6 Å². The fraction of sp³-hybridized carbons (Fsp3) is 0.429. The van der Waals surface area contributed by atoms with E-state index in [1.807, 2.05) is 17.0 Å². The predicted octanol–water partition coefficient (Wildman–Crippen LogP) is 0.722. The van der Waals surface area contributed by atoms with Crippen LogP contribution >= 0.6 is 0 Å². The van der Waals surface area contributed by atoms with Gasteiger partial charge in [0.15, 0.2) is 0 Å². The molecule has 1 aromatic rings. The molecule has 0 spiro atoms. The number of alkyl carbamates (subject to hydrolysis) is 1. The van der Waals surface area contributed by atoms with E-state index in [9.17, 15) is 9.59 Å². The molecule has 19 heavy (non-hydrogen) atoms. The molecule has 2 aliphatic heterocycles. The number of nitrogens with one attached hydrogen (secondary N) is 1. The summed E-state index contributed by atoms with van der Waals surface area (Å²) in [5.74, 6) is -0.0429. The van der Waals surface area contributed by atoms with Crippen molar-refractivity contribution in [1.29, 1.82) is 0 Å². The van der Waals surface area contributed by atoms with Gasteiger partial charge < -0.3 is 15.0 Å². The summed E-state index contributed by atoms with van der Waals surface area (Å²) in [7, 11) is 0. The molecule has 0 aromatic heterocycles. The largest absolute Gasteiger partial charge is 0.447 e. The molecule has 1 atom stereocenters. The molecule has 2 amide bonds. The van der Waals surface area contributed by atoms with Crippen LogP contribution in [0, 0.1) is 0 Å². The molecule has 5 nitrogen and oxygen atoms in total. The lowest BCUT2D eigenvalue weighted by atomic mass is 10.0. The molecule has 0 aliphatic carbocycles. The van der Waals surface area contributed by atoms with Crippen LogP contribution in [0.15, 0.2) is 24.3 Å². The molecule has 100 valence electrons. The zero-order valence-corrected chi connectivity index (χ0v) is 10.6. The van der Waals surface area contributed by atoms with Gasteiger partial charge in [0.05, 0.1) is 0 Å². The van der Waals surface area contributed by atoms with Crippen molar-refractivity contribution in [2.45, 2.75) is 18.9 Å². The van der Waals surface area contributed by atoms with Crippen molar-refractivity contribution in [3.05, 3.63) is 35.4 Å². The second kappa shape index (κ2) is 4.91. The van der Waals surface area contributed by atoms with Crippen molar-refractivity contribution in [2.24, 2.45) is 0 Å². The highest BCUT2D eigenvalue weighted by Gasteiger charge is 2.32. The number of benzene rings is 1. The standard InChI is InChI=1S/C14H16N2O3/c17-13(12-9-19-14(18)15-12)16-7-5-10-3-1-2-4-11(10)6-8-16/h1-4,12H,5-9H2,(H,15,18)/t12-/m0/s1. The average Bonchev–Trinajstić information content (AvgIpc) is 2.74. The summed E-state index contributed by atoms with van der Waals surface area (Å²) in [6.07, 6.45) is 1.23. The minimum atomic E-state index is -0.520. The highest BCUT2D eigenvalue weighted by Crippen LogP contribution is 2.16. The molecule has 1 N–H and O–H groups in total. The summed E-state index contributed by atoms with van der Waals surface area (Å²) in [5.41, 5.74) is 2.62. The van der Waals surface area contributed by atoms with Crippen molar-refractivity contribution in [3.63, 3.8) is 0 Å². The van der Waals surface area contributed by atoms with E-state index < -0.39 is 12.1 Å². The number of hydrogen-bond donors (Lipinski definition) is 1. The Labute approximate surface area is 111 Å². The number of ether oxygens (including phenoxy) is 1. The molecule has 3 rings (SSSR count). The van der Waals surface area contributed by atoms with Gasteiger partial charge in [0.25, 0.3) is 0 Å². The molecule has 1 fully saturated rings. The highest BCUT2D eigenvalue weighted by molar-refractivity contribution is 5.88. The quantitative estimate of drug-likeness (QED) is 0.809. The zero-order chi connectivity index (χ0) is 13.2. The summed E-state index contributed by atoms with van der Waals surface area (Å²) < 4.78 is 4.77. The van der Waals surface area contributed by atoms with Gasteiger partial charge in [-0.05, 0) is 24.0 Å². The minimum Gasteiger partial charge on any atom is -0.447 e. The molecule has 0 saturated carbocycles. The Morgan fingerprint density at radius 2 is 1.84 bits per heavy atom. The summed E-state index contributed by atoms with van der Waals surface area (Å²) >= 11 is 0. The van der Waals surface area contributed by atoms with Crippen molar-refractivity contribution in [2.75, 3.05) is 19.7 Å². The van der Waals surface area contributed by atoms with Crippen LogP contribution in [-0.2, 0) is 22.4 Å². The SMILES string of the molecule is O=C1N[C@H](C(=O)N2CCc3ccccc3CC2)CO1. The van der Waals surface area contributed by atoms with Crippen LogP contribution in [0.25, 0.3) is 0 Å². The number of amides is 2. The Morgan fingerprint density at radius 1 is 1.21 bits per heavy atom. The van der Waals surface area contributed by atoms with Gasteiger partial charge >= 0.3 is 6.09 Å². The predicted molar refractivity (Wildman–Crippen MR) is 68.7 cm³/mol.